The predicted molar refractivity (Wildman–Crippen MR) is 123 cm³/mol. The zero-order chi connectivity index (χ0) is 19.0. The molecule has 1 N–H and O–H groups in total. The van der Waals surface area contributed by atoms with Gasteiger partial charge in [-0.1, -0.05) is 45.5 Å². The molecule has 4 rings (SSSR count). The first-order chi connectivity index (χ1) is 13.0. The molecule has 0 fully saturated rings. The van der Waals surface area contributed by atoms with Gasteiger partial charge in [-0.05, 0) is 38.4 Å². The maximum atomic E-state index is 13.4. The van der Waals surface area contributed by atoms with Crippen molar-refractivity contribution in [1.29, 1.82) is 0 Å². The number of aromatic nitrogens is 2. The van der Waals surface area contributed by atoms with E-state index in [-0.39, 0.29) is 18.3 Å². The molecule has 2 aromatic carbocycles. The number of thiazole rings is 1. The third-order valence-electron chi connectivity index (χ3n) is 4.41. The second-order valence-electron chi connectivity index (χ2n) is 6.62. The predicted octanol–water partition coefficient (Wildman–Crippen LogP) is 5.17. The average molecular weight is 480 g/mol. The number of benzene rings is 2. The Morgan fingerprint density at radius 3 is 2.75 bits per heavy atom. The summed E-state index contributed by atoms with van der Waals surface area (Å²) in [7, 11) is 4.01. The van der Waals surface area contributed by atoms with Gasteiger partial charge in [-0.2, -0.15) is 0 Å². The van der Waals surface area contributed by atoms with Crippen LogP contribution in [0.15, 0.2) is 53.1 Å². The third-order valence-corrected chi connectivity index (χ3v) is 5.94. The molecule has 4 aromatic rings. The second-order valence-corrected chi connectivity index (χ2v) is 8.54. The molecule has 8 heteroatoms. The van der Waals surface area contributed by atoms with E-state index in [1.807, 2.05) is 56.6 Å². The first-order valence-corrected chi connectivity index (χ1v) is 10.2. The average Bonchev–Trinajstić information content (AvgIpc) is 3.25. The first kappa shape index (κ1) is 20.8. The van der Waals surface area contributed by atoms with E-state index in [0.29, 0.717) is 12.1 Å². The van der Waals surface area contributed by atoms with Gasteiger partial charge in [0.25, 0.3) is 5.91 Å². The van der Waals surface area contributed by atoms with E-state index in [2.05, 4.69) is 25.8 Å². The van der Waals surface area contributed by atoms with Crippen molar-refractivity contribution in [3.05, 3.63) is 58.7 Å². The van der Waals surface area contributed by atoms with Crippen LogP contribution >= 0.6 is 39.7 Å². The van der Waals surface area contributed by atoms with Gasteiger partial charge in [0.05, 0.1) is 15.8 Å². The lowest BCUT2D eigenvalue weighted by atomic mass is 10.1. The molecule has 1 amide bonds. The Labute approximate surface area is 181 Å². The lowest BCUT2D eigenvalue weighted by Gasteiger charge is -2.21. The van der Waals surface area contributed by atoms with Crippen LogP contribution in [0.25, 0.3) is 21.1 Å². The number of H-pyrrole nitrogens is 1. The van der Waals surface area contributed by atoms with Gasteiger partial charge in [0.1, 0.15) is 0 Å². The van der Waals surface area contributed by atoms with Crippen molar-refractivity contribution in [2.45, 2.75) is 0 Å². The largest absolute Gasteiger partial charge is 0.360 e. The number of amides is 1. The molecule has 28 heavy (non-hydrogen) atoms. The first-order valence-electron chi connectivity index (χ1n) is 8.62. The Bertz CT molecular complexity index is 1120. The van der Waals surface area contributed by atoms with Gasteiger partial charge in [0.15, 0.2) is 5.13 Å². The topological polar surface area (TPSA) is 52.2 Å². The number of anilines is 1. The minimum absolute atomic E-state index is 0. The van der Waals surface area contributed by atoms with Crippen LogP contribution in [0.5, 0.6) is 0 Å². The summed E-state index contributed by atoms with van der Waals surface area (Å²) >= 11 is 5.04. The maximum Gasteiger partial charge on any atom is 0.262 e. The van der Waals surface area contributed by atoms with Gasteiger partial charge in [-0.25, -0.2) is 4.98 Å². The van der Waals surface area contributed by atoms with E-state index in [0.717, 1.165) is 37.3 Å². The summed E-state index contributed by atoms with van der Waals surface area (Å²) in [6.07, 6.45) is 1.79. The molecule has 0 atom stereocenters. The van der Waals surface area contributed by atoms with Crippen molar-refractivity contribution < 1.29 is 4.79 Å². The molecule has 0 saturated heterocycles. The molecule has 0 bridgehead atoms. The molecular formula is C20H20BrClN4OS. The monoisotopic (exact) mass is 478 g/mol. The highest BCUT2D eigenvalue weighted by molar-refractivity contribution is 9.10. The standard InChI is InChI=1S/C20H19BrN4OS.ClH/c1-24(2)9-10-25(20-23-17-8-7-13(21)11-18(17)27-20)19(26)15-12-22-16-6-4-3-5-14(15)16;/h3-8,11-12,22H,9-10H2,1-2H3;1H. The van der Waals surface area contributed by atoms with Gasteiger partial charge in [0.2, 0.25) is 0 Å². The molecular weight excluding hydrogens is 460 g/mol. The normalized spacial score (nSPS) is 11.1. The van der Waals surface area contributed by atoms with E-state index in [1.54, 1.807) is 11.1 Å². The van der Waals surface area contributed by atoms with Crippen molar-refractivity contribution in [2.24, 2.45) is 0 Å². The number of carbonyl (C=O) groups is 1. The van der Waals surface area contributed by atoms with Gasteiger partial charge < -0.3 is 9.88 Å². The number of carbonyl (C=O) groups excluding carboxylic acids is 1. The summed E-state index contributed by atoms with van der Waals surface area (Å²) in [4.78, 5) is 25.2. The Balaban J connectivity index is 0.00000225. The van der Waals surface area contributed by atoms with Crippen LogP contribution < -0.4 is 4.90 Å². The summed E-state index contributed by atoms with van der Waals surface area (Å²) in [6, 6.07) is 13.8. The van der Waals surface area contributed by atoms with E-state index in [9.17, 15) is 4.79 Å². The minimum atomic E-state index is -0.0348. The van der Waals surface area contributed by atoms with Crippen LogP contribution in [0.2, 0.25) is 0 Å². The van der Waals surface area contributed by atoms with Crippen LogP contribution in [0.4, 0.5) is 5.13 Å². The summed E-state index contributed by atoms with van der Waals surface area (Å²) in [6.45, 7) is 1.33. The molecule has 146 valence electrons. The zero-order valence-electron chi connectivity index (χ0n) is 15.5. The van der Waals surface area contributed by atoms with Crippen molar-refractivity contribution in [3.63, 3.8) is 0 Å². The number of nitrogens with one attached hydrogen (secondary N) is 1. The van der Waals surface area contributed by atoms with Crippen molar-refractivity contribution in [2.75, 3.05) is 32.1 Å². The third kappa shape index (κ3) is 4.07. The lowest BCUT2D eigenvalue weighted by molar-refractivity contribution is 0.0987. The molecule has 2 aromatic heterocycles. The zero-order valence-corrected chi connectivity index (χ0v) is 18.7. The molecule has 0 aliphatic carbocycles. The van der Waals surface area contributed by atoms with Crippen LogP contribution in [0, 0.1) is 0 Å². The quantitative estimate of drug-likeness (QED) is 0.429. The van der Waals surface area contributed by atoms with Crippen molar-refractivity contribution in [3.8, 4) is 0 Å². The minimum Gasteiger partial charge on any atom is -0.360 e. The molecule has 0 unspecified atom stereocenters. The molecule has 2 heterocycles. The number of para-hydroxylation sites is 1. The van der Waals surface area contributed by atoms with Gasteiger partial charge in [0, 0.05) is 34.7 Å². The maximum absolute atomic E-state index is 13.4. The second kappa shape index (κ2) is 8.61. The Morgan fingerprint density at radius 2 is 1.96 bits per heavy atom. The number of rotatable bonds is 5. The number of likely N-dealkylation sites (N-methyl/N-ethyl adjacent to an activating group) is 1. The Morgan fingerprint density at radius 1 is 1.18 bits per heavy atom. The highest BCUT2D eigenvalue weighted by Crippen LogP contribution is 2.32. The SMILES string of the molecule is CN(C)CCN(C(=O)c1c[nH]c2ccccc12)c1nc2ccc(Br)cc2s1.Cl. The van der Waals surface area contributed by atoms with E-state index >= 15 is 0 Å². The number of aromatic amines is 1. The fraction of sp³-hybridized carbons (Fsp3) is 0.200. The summed E-state index contributed by atoms with van der Waals surface area (Å²) in [5.41, 5.74) is 2.53. The Hall–Kier alpha value is -1.93. The van der Waals surface area contributed by atoms with Crippen LogP contribution in [0.1, 0.15) is 10.4 Å². The number of nitrogens with zero attached hydrogens (tertiary/aromatic N) is 3. The van der Waals surface area contributed by atoms with E-state index < -0.39 is 0 Å². The number of hydrogen-bond donors (Lipinski definition) is 1. The highest BCUT2D eigenvalue weighted by atomic mass is 79.9. The number of halogens is 2. The number of hydrogen-bond acceptors (Lipinski definition) is 4. The van der Waals surface area contributed by atoms with Gasteiger partial charge in [-0.15, -0.1) is 12.4 Å². The fourth-order valence-electron chi connectivity index (χ4n) is 2.98. The van der Waals surface area contributed by atoms with E-state index in [4.69, 9.17) is 4.98 Å². The fourth-order valence-corrected chi connectivity index (χ4v) is 4.52. The highest BCUT2D eigenvalue weighted by Gasteiger charge is 2.23. The van der Waals surface area contributed by atoms with Gasteiger partial charge in [-0.3, -0.25) is 9.69 Å². The molecule has 0 aliphatic heterocycles. The summed E-state index contributed by atoms with van der Waals surface area (Å²) in [5.74, 6) is -0.0348. The van der Waals surface area contributed by atoms with Crippen LogP contribution in [0.3, 0.4) is 0 Å². The summed E-state index contributed by atoms with van der Waals surface area (Å²) in [5, 5.41) is 1.65. The van der Waals surface area contributed by atoms with E-state index in [1.165, 1.54) is 11.3 Å². The Kier molecular flexibility index (Phi) is 6.40. The molecule has 0 radical (unpaired) electrons. The lowest BCUT2D eigenvalue weighted by Crippen LogP contribution is -2.36. The number of fused-ring (bicyclic) bond motifs is 2. The molecule has 5 nitrogen and oxygen atoms in total. The van der Waals surface area contributed by atoms with Crippen LogP contribution in [-0.2, 0) is 0 Å². The van der Waals surface area contributed by atoms with Crippen LogP contribution in [-0.4, -0.2) is 48.0 Å². The molecule has 0 spiro atoms. The molecule has 0 saturated carbocycles. The smallest absolute Gasteiger partial charge is 0.262 e. The summed E-state index contributed by atoms with van der Waals surface area (Å²) < 4.78 is 2.06. The van der Waals surface area contributed by atoms with Crippen molar-refractivity contribution >= 4 is 71.8 Å². The molecule has 0 aliphatic rings. The van der Waals surface area contributed by atoms with Gasteiger partial charge >= 0.3 is 0 Å². The van der Waals surface area contributed by atoms with Crippen molar-refractivity contribution in [1.82, 2.24) is 14.9 Å².